The van der Waals surface area contributed by atoms with Gasteiger partial charge in [-0.1, -0.05) is 18.2 Å². The maximum atomic E-state index is 12.7. The molecule has 3 rings (SSSR count). The Kier molecular flexibility index (Phi) is 5.22. The van der Waals surface area contributed by atoms with Crippen LogP contribution in [0.25, 0.3) is 5.69 Å². The molecule has 0 atom stereocenters. The van der Waals surface area contributed by atoms with Crippen LogP contribution < -0.4 is 9.47 Å². The molecule has 6 nitrogen and oxygen atoms in total. The van der Waals surface area contributed by atoms with Gasteiger partial charge in [-0.2, -0.15) is 5.10 Å². The van der Waals surface area contributed by atoms with Crippen LogP contribution in [0.4, 0.5) is 0 Å². The number of carbonyl (C=O) groups is 1. The molecular weight excluding hydrogens is 330 g/mol. The van der Waals surface area contributed by atoms with Crippen LogP contribution in [-0.2, 0) is 6.54 Å². The fourth-order valence-corrected chi connectivity index (χ4v) is 2.66. The molecule has 0 fully saturated rings. The number of ether oxygens (including phenoxy) is 2. The molecule has 26 heavy (non-hydrogen) atoms. The zero-order valence-electron chi connectivity index (χ0n) is 15.0. The fraction of sp³-hybridized carbons (Fsp3) is 0.200. The second kappa shape index (κ2) is 7.74. The van der Waals surface area contributed by atoms with E-state index in [0.29, 0.717) is 23.6 Å². The van der Waals surface area contributed by atoms with Crippen LogP contribution in [0.15, 0.2) is 60.9 Å². The summed E-state index contributed by atoms with van der Waals surface area (Å²) < 4.78 is 12.3. The Balaban J connectivity index is 1.75. The van der Waals surface area contributed by atoms with Crippen LogP contribution in [0.1, 0.15) is 15.9 Å². The molecular formula is C20H21N3O3. The van der Waals surface area contributed by atoms with Crippen molar-refractivity contribution in [3.05, 3.63) is 72.1 Å². The number of carbonyl (C=O) groups excluding carboxylic acids is 1. The third kappa shape index (κ3) is 3.85. The predicted octanol–water partition coefficient (Wildman–Crippen LogP) is 3.16. The molecule has 1 aromatic heterocycles. The van der Waals surface area contributed by atoms with Gasteiger partial charge in [0.1, 0.15) is 11.5 Å². The highest BCUT2D eigenvalue weighted by Gasteiger charge is 2.15. The van der Waals surface area contributed by atoms with Crippen molar-refractivity contribution in [2.75, 3.05) is 21.3 Å². The monoisotopic (exact) mass is 351 g/mol. The van der Waals surface area contributed by atoms with Crippen molar-refractivity contribution in [3.8, 4) is 17.2 Å². The number of para-hydroxylation sites is 1. The zero-order chi connectivity index (χ0) is 18.5. The van der Waals surface area contributed by atoms with Gasteiger partial charge in [0.05, 0.1) is 26.1 Å². The molecule has 0 saturated carbocycles. The summed E-state index contributed by atoms with van der Waals surface area (Å²) in [6.45, 7) is 0.450. The van der Waals surface area contributed by atoms with E-state index in [9.17, 15) is 4.79 Å². The van der Waals surface area contributed by atoms with Crippen molar-refractivity contribution in [3.63, 3.8) is 0 Å². The number of benzene rings is 2. The highest BCUT2D eigenvalue weighted by atomic mass is 16.5. The largest absolute Gasteiger partial charge is 0.497 e. The van der Waals surface area contributed by atoms with E-state index in [4.69, 9.17) is 9.47 Å². The fourth-order valence-electron chi connectivity index (χ4n) is 2.66. The minimum absolute atomic E-state index is 0.116. The van der Waals surface area contributed by atoms with E-state index < -0.39 is 0 Å². The SMILES string of the molecule is COc1cc(OC)cc(C(=O)N(C)Cc2cnn(-c3ccccc3)c2)c1. The average molecular weight is 351 g/mol. The van der Waals surface area contributed by atoms with Crippen LogP contribution in [-0.4, -0.2) is 41.9 Å². The molecule has 0 aliphatic carbocycles. The highest BCUT2D eigenvalue weighted by Crippen LogP contribution is 2.23. The molecule has 1 heterocycles. The van der Waals surface area contributed by atoms with E-state index in [1.165, 1.54) is 0 Å². The van der Waals surface area contributed by atoms with Crippen LogP contribution in [0.5, 0.6) is 11.5 Å². The Morgan fingerprint density at radius 1 is 1.08 bits per heavy atom. The molecule has 3 aromatic rings. The Morgan fingerprint density at radius 2 is 1.73 bits per heavy atom. The zero-order valence-corrected chi connectivity index (χ0v) is 15.0. The second-order valence-electron chi connectivity index (χ2n) is 5.89. The maximum Gasteiger partial charge on any atom is 0.254 e. The van der Waals surface area contributed by atoms with Crippen molar-refractivity contribution in [1.82, 2.24) is 14.7 Å². The van der Waals surface area contributed by atoms with Gasteiger partial charge in [-0.15, -0.1) is 0 Å². The van der Waals surface area contributed by atoms with E-state index >= 15 is 0 Å². The summed E-state index contributed by atoms with van der Waals surface area (Å²) >= 11 is 0. The first-order valence-electron chi connectivity index (χ1n) is 8.18. The lowest BCUT2D eigenvalue weighted by molar-refractivity contribution is 0.0784. The number of aromatic nitrogens is 2. The van der Waals surface area contributed by atoms with Crippen molar-refractivity contribution in [2.45, 2.75) is 6.54 Å². The molecule has 0 radical (unpaired) electrons. The number of rotatable bonds is 6. The van der Waals surface area contributed by atoms with Gasteiger partial charge in [0.25, 0.3) is 5.91 Å². The third-order valence-corrected chi connectivity index (χ3v) is 4.02. The smallest absolute Gasteiger partial charge is 0.254 e. The number of methoxy groups -OCH3 is 2. The summed E-state index contributed by atoms with van der Waals surface area (Å²) in [6, 6.07) is 15.0. The van der Waals surface area contributed by atoms with Gasteiger partial charge >= 0.3 is 0 Å². The van der Waals surface area contributed by atoms with Crippen LogP contribution in [0.2, 0.25) is 0 Å². The summed E-state index contributed by atoms with van der Waals surface area (Å²) in [5.41, 5.74) is 2.43. The van der Waals surface area contributed by atoms with Gasteiger partial charge in [0.2, 0.25) is 0 Å². The summed E-state index contributed by atoms with van der Waals surface area (Å²) in [5.74, 6) is 1.05. The number of amides is 1. The molecule has 0 unspecified atom stereocenters. The molecule has 0 spiro atoms. The minimum atomic E-state index is -0.116. The third-order valence-electron chi connectivity index (χ3n) is 4.02. The summed E-state index contributed by atoms with van der Waals surface area (Å²) in [6.07, 6.45) is 3.69. The molecule has 0 aliphatic rings. The Morgan fingerprint density at radius 3 is 2.35 bits per heavy atom. The van der Waals surface area contributed by atoms with E-state index in [-0.39, 0.29) is 5.91 Å². The van der Waals surface area contributed by atoms with Crippen LogP contribution in [0, 0.1) is 0 Å². The lowest BCUT2D eigenvalue weighted by Gasteiger charge is -2.17. The molecule has 2 aromatic carbocycles. The Labute approximate surface area is 152 Å². The highest BCUT2D eigenvalue weighted by molar-refractivity contribution is 5.94. The molecule has 0 bridgehead atoms. The molecule has 0 N–H and O–H groups in total. The first-order chi connectivity index (χ1) is 12.6. The van der Waals surface area contributed by atoms with Gasteiger partial charge in [-0.3, -0.25) is 4.79 Å². The number of nitrogens with zero attached hydrogens (tertiary/aromatic N) is 3. The van der Waals surface area contributed by atoms with E-state index in [2.05, 4.69) is 5.10 Å². The first-order valence-corrected chi connectivity index (χ1v) is 8.18. The standard InChI is InChI=1S/C20H21N3O3/c1-22(20(24)16-9-18(25-2)11-19(10-16)26-3)13-15-12-21-23(14-15)17-7-5-4-6-8-17/h4-12,14H,13H2,1-3H3. The predicted molar refractivity (Wildman–Crippen MR) is 98.9 cm³/mol. The van der Waals surface area contributed by atoms with Gasteiger partial charge in [-0.05, 0) is 24.3 Å². The van der Waals surface area contributed by atoms with E-state index in [0.717, 1.165) is 11.3 Å². The molecule has 0 saturated heterocycles. The second-order valence-corrected chi connectivity index (χ2v) is 5.89. The molecule has 6 heteroatoms. The molecule has 1 amide bonds. The summed E-state index contributed by atoms with van der Waals surface area (Å²) in [7, 11) is 4.88. The van der Waals surface area contributed by atoms with Gasteiger partial charge in [0, 0.05) is 37.0 Å². The topological polar surface area (TPSA) is 56.6 Å². The normalized spacial score (nSPS) is 10.4. The van der Waals surface area contributed by atoms with Crippen LogP contribution >= 0.6 is 0 Å². The van der Waals surface area contributed by atoms with Gasteiger partial charge in [0.15, 0.2) is 0 Å². The van der Waals surface area contributed by atoms with Gasteiger partial charge in [-0.25, -0.2) is 4.68 Å². The van der Waals surface area contributed by atoms with Gasteiger partial charge < -0.3 is 14.4 Å². The quantitative estimate of drug-likeness (QED) is 0.684. The number of hydrogen-bond acceptors (Lipinski definition) is 4. The first kappa shape index (κ1) is 17.5. The van der Waals surface area contributed by atoms with Crippen molar-refractivity contribution in [1.29, 1.82) is 0 Å². The van der Waals surface area contributed by atoms with E-state index in [1.807, 2.05) is 36.5 Å². The minimum Gasteiger partial charge on any atom is -0.497 e. The Bertz CT molecular complexity index is 868. The molecule has 134 valence electrons. The number of hydrogen-bond donors (Lipinski definition) is 0. The van der Waals surface area contributed by atoms with Crippen molar-refractivity contribution in [2.24, 2.45) is 0 Å². The van der Waals surface area contributed by atoms with Crippen molar-refractivity contribution < 1.29 is 14.3 Å². The Hall–Kier alpha value is -3.28. The van der Waals surface area contributed by atoms with E-state index in [1.54, 1.807) is 55.2 Å². The lowest BCUT2D eigenvalue weighted by atomic mass is 10.1. The molecule has 0 aliphatic heterocycles. The summed E-state index contributed by atoms with van der Waals surface area (Å²) in [5, 5.41) is 4.37. The summed E-state index contributed by atoms with van der Waals surface area (Å²) in [4.78, 5) is 14.4. The lowest BCUT2D eigenvalue weighted by Crippen LogP contribution is -2.26. The van der Waals surface area contributed by atoms with Crippen LogP contribution in [0.3, 0.4) is 0 Å². The maximum absolute atomic E-state index is 12.7. The average Bonchev–Trinajstić information content (AvgIpc) is 3.16. The van der Waals surface area contributed by atoms with Crippen molar-refractivity contribution >= 4 is 5.91 Å².